The van der Waals surface area contributed by atoms with Crippen LogP contribution in [-0.2, 0) is 0 Å². The molecular weight excluding hydrogens is 134 g/mol. The Morgan fingerprint density at radius 2 is 2.56 bits per heavy atom. The van der Waals surface area contributed by atoms with Gasteiger partial charge in [-0.15, -0.1) is 0 Å². The third-order valence-corrected chi connectivity index (χ3v) is 2.76. The van der Waals surface area contributed by atoms with Gasteiger partial charge in [-0.05, 0) is 12.7 Å². The summed E-state index contributed by atoms with van der Waals surface area (Å²) in [6, 6.07) is 0.363. The number of nitrogens with one attached hydrogen (secondary N) is 1. The molecule has 54 valence electrons. The summed E-state index contributed by atoms with van der Waals surface area (Å²) in [5, 5.41) is 12.7. The van der Waals surface area contributed by atoms with Crippen LogP contribution in [0.3, 0.4) is 0 Å². The molecule has 0 aromatic carbocycles. The van der Waals surface area contributed by atoms with Crippen LogP contribution in [0.4, 0.5) is 0 Å². The first-order valence-electron chi connectivity index (χ1n) is 3.24. The van der Waals surface area contributed by atoms with Gasteiger partial charge in [-0.1, -0.05) is 0 Å². The van der Waals surface area contributed by atoms with Gasteiger partial charge in [-0.2, -0.15) is 11.8 Å². The van der Waals surface area contributed by atoms with Gasteiger partial charge in [-0.3, -0.25) is 0 Å². The Labute approximate surface area is 60.0 Å². The van der Waals surface area contributed by atoms with Gasteiger partial charge in [0.1, 0.15) is 0 Å². The fourth-order valence-corrected chi connectivity index (χ4v) is 1.79. The molecule has 1 aliphatic rings. The van der Waals surface area contributed by atoms with Gasteiger partial charge < -0.3 is 10.4 Å². The second-order valence-electron chi connectivity index (χ2n) is 2.38. The average Bonchev–Trinajstić information content (AvgIpc) is 2.34. The van der Waals surface area contributed by atoms with Gasteiger partial charge >= 0.3 is 0 Å². The lowest BCUT2D eigenvalue weighted by Gasteiger charge is -2.03. The summed E-state index contributed by atoms with van der Waals surface area (Å²) < 4.78 is 0. The van der Waals surface area contributed by atoms with E-state index in [4.69, 9.17) is 5.11 Å². The molecule has 2 atom stereocenters. The summed E-state index contributed by atoms with van der Waals surface area (Å²) in [5.41, 5.74) is 0. The molecule has 0 spiro atoms. The molecule has 0 saturated carbocycles. The molecule has 1 rings (SSSR count). The van der Waals surface area contributed by atoms with Crippen LogP contribution in [0.15, 0.2) is 0 Å². The number of aliphatic hydroxyl groups excluding tert-OH is 1. The highest BCUT2D eigenvalue weighted by Crippen LogP contribution is 2.17. The highest BCUT2D eigenvalue weighted by atomic mass is 32.2. The van der Waals surface area contributed by atoms with E-state index in [-0.39, 0.29) is 6.61 Å². The molecule has 1 fully saturated rings. The summed E-state index contributed by atoms with van der Waals surface area (Å²) in [5.74, 6) is 0. The minimum Gasteiger partial charge on any atom is -0.395 e. The summed E-state index contributed by atoms with van der Waals surface area (Å²) in [6.45, 7) is 1.35. The highest BCUT2D eigenvalue weighted by molar-refractivity contribution is 7.99. The monoisotopic (exact) mass is 147 g/mol. The molecule has 2 N–H and O–H groups in total. The molecule has 0 aliphatic carbocycles. The Balaban J connectivity index is 2.20. The first-order chi connectivity index (χ1) is 4.36. The molecule has 0 amide bonds. The maximum absolute atomic E-state index is 8.71. The van der Waals surface area contributed by atoms with Crippen LogP contribution in [0.2, 0.25) is 0 Å². The van der Waals surface area contributed by atoms with Crippen molar-refractivity contribution in [3.8, 4) is 0 Å². The van der Waals surface area contributed by atoms with Crippen LogP contribution >= 0.6 is 11.8 Å². The standard InChI is InChI=1S/C6H13NOS/c1-9-6-2-5(4-8)7-3-6/h5-8H,2-4H2,1H3. The molecule has 2 unspecified atom stereocenters. The van der Waals surface area contributed by atoms with Crippen LogP contribution in [0.25, 0.3) is 0 Å². The minimum atomic E-state index is 0.289. The first kappa shape index (κ1) is 7.38. The van der Waals surface area contributed by atoms with Crippen LogP contribution in [0.1, 0.15) is 6.42 Å². The zero-order valence-electron chi connectivity index (χ0n) is 5.63. The third kappa shape index (κ3) is 1.85. The van der Waals surface area contributed by atoms with Gasteiger partial charge in [0.2, 0.25) is 0 Å². The predicted octanol–water partition coefficient (Wildman–Crippen LogP) is 0.0722. The second-order valence-corrected chi connectivity index (χ2v) is 3.52. The van der Waals surface area contributed by atoms with Crippen molar-refractivity contribution in [1.29, 1.82) is 0 Å². The zero-order valence-corrected chi connectivity index (χ0v) is 6.45. The van der Waals surface area contributed by atoms with Crippen LogP contribution < -0.4 is 5.32 Å². The molecular formula is C6H13NOS. The van der Waals surface area contributed by atoms with Crippen molar-refractivity contribution in [2.24, 2.45) is 0 Å². The fourth-order valence-electron chi connectivity index (χ4n) is 1.10. The van der Waals surface area contributed by atoms with E-state index in [1.54, 1.807) is 0 Å². The lowest BCUT2D eigenvalue weighted by Crippen LogP contribution is -2.24. The van der Waals surface area contributed by atoms with E-state index in [0.29, 0.717) is 6.04 Å². The Hall–Kier alpha value is 0.270. The summed E-state index contributed by atoms with van der Waals surface area (Å²) in [4.78, 5) is 0. The number of thioether (sulfide) groups is 1. The SMILES string of the molecule is CSC1CNC(CO)C1. The second kappa shape index (κ2) is 3.44. The quantitative estimate of drug-likeness (QED) is 0.580. The van der Waals surface area contributed by atoms with Crippen molar-refractivity contribution in [1.82, 2.24) is 5.32 Å². The van der Waals surface area contributed by atoms with Crippen LogP contribution in [-0.4, -0.2) is 35.8 Å². The minimum absolute atomic E-state index is 0.289. The molecule has 0 bridgehead atoms. The third-order valence-electron chi connectivity index (χ3n) is 1.74. The number of aliphatic hydroxyl groups is 1. The van der Waals surface area contributed by atoms with Gasteiger partial charge in [0.15, 0.2) is 0 Å². The number of hydrogen-bond acceptors (Lipinski definition) is 3. The Morgan fingerprint density at radius 1 is 1.78 bits per heavy atom. The van der Waals surface area contributed by atoms with Gasteiger partial charge in [0.25, 0.3) is 0 Å². The van der Waals surface area contributed by atoms with Gasteiger partial charge in [0, 0.05) is 17.8 Å². The lowest BCUT2D eigenvalue weighted by molar-refractivity contribution is 0.255. The maximum atomic E-state index is 8.71. The number of hydrogen-bond donors (Lipinski definition) is 2. The van der Waals surface area contributed by atoms with E-state index in [2.05, 4.69) is 11.6 Å². The fraction of sp³-hybridized carbons (Fsp3) is 1.00. The summed E-state index contributed by atoms with van der Waals surface area (Å²) in [7, 11) is 0. The Kier molecular flexibility index (Phi) is 2.82. The van der Waals surface area contributed by atoms with E-state index in [1.807, 2.05) is 11.8 Å². The molecule has 0 aromatic heterocycles. The van der Waals surface area contributed by atoms with E-state index < -0.39 is 0 Å². The Morgan fingerprint density at radius 3 is 2.89 bits per heavy atom. The smallest absolute Gasteiger partial charge is 0.0585 e. The van der Waals surface area contributed by atoms with Crippen LogP contribution in [0, 0.1) is 0 Å². The molecule has 9 heavy (non-hydrogen) atoms. The van der Waals surface area contributed by atoms with E-state index >= 15 is 0 Å². The van der Waals surface area contributed by atoms with Crippen molar-refractivity contribution in [2.75, 3.05) is 19.4 Å². The topological polar surface area (TPSA) is 32.3 Å². The van der Waals surface area contributed by atoms with Crippen molar-refractivity contribution in [3.05, 3.63) is 0 Å². The van der Waals surface area contributed by atoms with Gasteiger partial charge in [0.05, 0.1) is 6.61 Å². The van der Waals surface area contributed by atoms with E-state index in [0.717, 1.165) is 18.2 Å². The highest BCUT2D eigenvalue weighted by Gasteiger charge is 2.21. The summed E-state index contributed by atoms with van der Waals surface area (Å²) in [6.07, 6.45) is 3.24. The van der Waals surface area contributed by atoms with E-state index in [1.165, 1.54) is 0 Å². The molecule has 0 aromatic rings. The molecule has 1 aliphatic heterocycles. The van der Waals surface area contributed by atoms with E-state index in [9.17, 15) is 0 Å². The lowest BCUT2D eigenvalue weighted by atomic mass is 10.2. The maximum Gasteiger partial charge on any atom is 0.0585 e. The Bertz CT molecular complexity index is 79.1. The zero-order chi connectivity index (χ0) is 6.69. The first-order valence-corrected chi connectivity index (χ1v) is 4.52. The van der Waals surface area contributed by atoms with Crippen molar-refractivity contribution in [2.45, 2.75) is 17.7 Å². The summed E-state index contributed by atoms with van der Waals surface area (Å²) >= 11 is 1.88. The average molecular weight is 147 g/mol. The molecule has 3 heteroatoms. The molecule has 1 saturated heterocycles. The van der Waals surface area contributed by atoms with Gasteiger partial charge in [-0.25, -0.2) is 0 Å². The number of rotatable bonds is 2. The van der Waals surface area contributed by atoms with Crippen LogP contribution in [0.5, 0.6) is 0 Å². The predicted molar refractivity (Wildman–Crippen MR) is 40.8 cm³/mol. The van der Waals surface area contributed by atoms with Crippen molar-refractivity contribution >= 4 is 11.8 Å². The molecule has 0 radical (unpaired) electrons. The molecule has 2 nitrogen and oxygen atoms in total. The molecule has 1 heterocycles. The normalized spacial score (nSPS) is 35.3. The van der Waals surface area contributed by atoms with Crippen molar-refractivity contribution in [3.63, 3.8) is 0 Å². The largest absolute Gasteiger partial charge is 0.395 e. The van der Waals surface area contributed by atoms with Crippen molar-refractivity contribution < 1.29 is 5.11 Å².